The Labute approximate surface area is 141 Å². The van der Waals surface area contributed by atoms with Gasteiger partial charge in [-0.25, -0.2) is 0 Å². The van der Waals surface area contributed by atoms with Gasteiger partial charge in [0.1, 0.15) is 13.2 Å². The molecule has 1 unspecified atom stereocenters. The predicted octanol–water partition coefficient (Wildman–Crippen LogP) is 2.37. The van der Waals surface area contributed by atoms with Crippen molar-refractivity contribution in [3.63, 3.8) is 0 Å². The third-order valence-electron chi connectivity index (χ3n) is 4.75. The van der Waals surface area contributed by atoms with Crippen LogP contribution in [-0.2, 0) is 11.3 Å². The minimum Gasteiger partial charge on any atom is -0.486 e. The molecule has 128 valence electrons. The highest BCUT2D eigenvalue weighted by atomic mass is 16.6. The van der Waals surface area contributed by atoms with Crippen LogP contribution in [0.15, 0.2) is 18.2 Å². The molecule has 0 radical (unpaired) electrons. The Morgan fingerprint density at radius 1 is 1.17 bits per heavy atom. The van der Waals surface area contributed by atoms with E-state index in [4.69, 9.17) is 14.2 Å². The molecule has 6 nitrogen and oxygen atoms in total. The number of hydrogen-bond acceptors (Lipinski definition) is 5. The van der Waals surface area contributed by atoms with E-state index in [2.05, 4.69) is 41.1 Å². The average molecular weight is 329 g/mol. The average Bonchev–Trinajstić information content (AvgIpc) is 2.94. The van der Waals surface area contributed by atoms with Gasteiger partial charge in [0.25, 0.3) is 0 Å². The second-order valence-corrected chi connectivity index (χ2v) is 6.39. The number of nitrogens with zero attached hydrogens (tertiary/aromatic N) is 2. The highest BCUT2D eigenvalue weighted by Gasteiger charge is 2.28. The van der Waals surface area contributed by atoms with Crippen LogP contribution in [0.4, 0.5) is 0 Å². The molecule has 3 heterocycles. The summed E-state index contributed by atoms with van der Waals surface area (Å²) in [5, 5.41) is 7.44. The van der Waals surface area contributed by atoms with E-state index >= 15 is 0 Å². The normalized spacial score (nSPS) is 21.0. The zero-order valence-electron chi connectivity index (χ0n) is 14.2. The molecule has 6 heteroatoms. The smallest absolute Gasteiger partial charge is 0.161 e. The van der Waals surface area contributed by atoms with Crippen molar-refractivity contribution >= 4 is 0 Å². The van der Waals surface area contributed by atoms with Crippen LogP contribution in [0, 0.1) is 13.8 Å². The Balaban J connectivity index is 1.58. The van der Waals surface area contributed by atoms with Crippen LogP contribution in [0.2, 0.25) is 0 Å². The molecule has 1 atom stereocenters. The van der Waals surface area contributed by atoms with Gasteiger partial charge in [-0.05, 0) is 31.5 Å². The molecular weight excluding hydrogens is 306 g/mol. The number of benzene rings is 1. The van der Waals surface area contributed by atoms with E-state index in [-0.39, 0.29) is 6.04 Å². The molecule has 0 bridgehead atoms. The van der Waals surface area contributed by atoms with E-state index < -0.39 is 0 Å². The number of H-pyrrole nitrogens is 1. The van der Waals surface area contributed by atoms with Crippen molar-refractivity contribution in [2.75, 3.05) is 33.0 Å². The zero-order chi connectivity index (χ0) is 16.5. The Morgan fingerprint density at radius 2 is 2.00 bits per heavy atom. The lowest BCUT2D eigenvalue weighted by molar-refractivity contribution is -0.0132. The first-order valence-electron chi connectivity index (χ1n) is 8.44. The predicted molar refractivity (Wildman–Crippen MR) is 89.5 cm³/mol. The first-order valence-corrected chi connectivity index (χ1v) is 8.44. The molecule has 1 N–H and O–H groups in total. The largest absolute Gasteiger partial charge is 0.486 e. The Kier molecular flexibility index (Phi) is 4.16. The van der Waals surface area contributed by atoms with E-state index in [1.54, 1.807) is 0 Å². The van der Waals surface area contributed by atoms with Gasteiger partial charge in [-0.2, -0.15) is 5.10 Å². The molecular formula is C18H23N3O3. The number of aryl methyl sites for hydroxylation is 2. The lowest BCUT2D eigenvalue weighted by Gasteiger charge is -2.36. The van der Waals surface area contributed by atoms with Crippen molar-refractivity contribution in [1.29, 1.82) is 0 Å². The number of hydrogen-bond donors (Lipinski definition) is 1. The summed E-state index contributed by atoms with van der Waals surface area (Å²) in [7, 11) is 0. The molecule has 1 aromatic carbocycles. The Morgan fingerprint density at radius 3 is 2.79 bits per heavy atom. The molecule has 2 aliphatic heterocycles. The number of fused-ring (bicyclic) bond motifs is 1. The van der Waals surface area contributed by atoms with Gasteiger partial charge in [0, 0.05) is 24.3 Å². The maximum Gasteiger partial charge on any atom is 0.161 e. The number of ether oxygens (including phenoxy) is 3. The number of morpholine rings is 1. The lowest BCUT2D eigenvalue weighted by atomic mass is 10.0. The van der Waals surface area contributed by atoms with Gasteiger partial charge in [-0.1, -0.05) is 6.07 Å². The van der Waals surface area contributed by atoms with E-state index in [0.29, 0.717) is 19.8 Å². The maximum absolute atomic E-state index is 5.75. The van der Waals surface area contributed by atoms with Crippen molar-refractivity contribution in [2.24, 2.45) is 0 Å². The summed E-state index contributed by atoms with van der Waals surface area (Å²) in [5.74, 6) is 1.68. The molecule has 0 aliphatic carbocycles. The third kappa shape index (κ3) is 2.87. The van der Waals surface area contributed by atoms with Crippen LogP contribution in [-0.4, -0.2) is 48.1 Å². The van der Waals surface area contributed by atoms with Crippen molar-refractivity contribution in [3.8, 4) is 11.5 Å². The Bertz CT molecular complexity index is 709. The van der Waals surface area contributed by atoms with Crippen molar-refractivity contribution in [3.05, 3.63) is 40.7 Å². The standard InChI is InChI=1S/C18H23N3O3/c1-12-18(13(2)20-19-12)15-11-22-6-5-21(15)10-14-3-4-16-17(9-14)24-8-7-23-16/h3-4,9,15H,5-8,10-11H2,1-2H3,(H,19,20). The van der Waals surface area contributed by atoms with Gasteiger partial charge in [0.2, 0.25) is 0 Å². The minimum absolute atomic E-state index is 0.228. The second-order valence-electron chi connectivity index (χ2n) is 6.39. The molecule has 1 saturated heterocycles. The molecule has 0 amide bonds. The highest BCUT2D eigenvalue weighted by Crippen LogP contribution is 2.33. The van der Waals surface area contributed by atoms with Gasteiger partial charge in [0.15, 0.2) is 11.5 Å². The van der Waals surface area contributed by atoms with Gasteiger partial charge in [-0.15, -0.1) is 0 Å². The van der Waals surface area contributed by atoms with Gasteiger partial charge in [-0.3, -0.25) is 10.00 Å². The van der Waals surface area contributed by atoms with E-state index in [9.17, 15) is 0 Å². The minimum atomic E-state index is 0.228. The van der Waals surface area contributed by atoms with Crippen LogP contribution in [0.3, 0.4) is 0 Å². The molecule has 1 aromatic heterocycles. The fourth-order valence-electron chi connectivity index (χ4n) is 3.56. The molecule has 0 saturated carbocycles. The van der Waals surface area contributed by atoms with Crippen LogP contribution in [0.1, 0.15) is 28.6 Å². The van der Waals surface area contributed by atoms with E-state index in [1.807, 2.05) is 6.07 Å². The first kappa shape index (κ1) is 15.5. The summed E-state index contributed by atoms with van der Waals surface area (Å²) >= 11 is 0. The Hall–Kier alpha value is -2.05. The summed E-state index contributed by atoms with van der Waals surface area (Å²) < 4.78 is 17.1. The summed E-state index contributed by atoms with van der Waals surface area (Å²) in [4.78, 5) is 2.46. The van der Waals surface area contributed by atoms with Gasteiger partial charge >= 0.3 is 0 Å². The van der Waals surface area contributed by atoms with Gasteiger partial charge < -0.3 is 14.2 Å². The first-order chi connectivity index (χ1) is 11.7. The summed E-state index contributed by atoms with van der Waals surface area (Å²) in [6.07, 6.45) is 0. The molecule has 2 aromatic rings. The van der Waals surface area contributed by atoms with Crippen LogP contribution >= 0.6 is 0 Å². The van der Waals surface area contributed by atoms with Gasteiger partial charge in [0.05, 0.1) is 24.9 Å². The molecule has 2 aliphatic rings. The number of nitrogens with one attached hydrogen (secondary N) is 1. The second kappa shape index (κ2) is 6.45. The molecule has 1 fully saturated rings. The topological polar surface area (TPSA) is 59.6 Å². The molecule has 24 heavy (non-hydrogen) atoms. The summed E-state index contributed by atoms with van der Waals surface area (Å²) in [6, 6.07) is 6.45. The number of aromatic amines is 1. The maximum atomic E-state index is 5.75. The van der Waals surface area contributed by atoms with Crippen LogP contribution in [0.5, 0.6) is 11.5 Å². The zero-order valence-corrected chi connectivity index (χ0v) is 14.2. The summed E-state index contributed by atoms with van der Waals surface area (Å²) in [5.41, 5.74) is 4.66. The van der Waals surface area contributed by atoms with Crippen LogP contribution in [0.25, 0.3) is 0 Å². The van der Waals surface area contributed by atoms with E-state index in [1.165, 1.54) is 11.1 Å². The number of rotatable bonds is 3. The quantitative estimate of drug-likeness (QED) is 0.937. The third-order valence-corrected chi connectivity index (χ3v) is 4.75. The fourth-order valence-corrected chi connectivity index (χ4v) is 3.56. The highest BCUT2D eigenvalue weighted by molar-refractivity contribution is 5.44. The molecule has 0 spiro atoms. The number of aromatic nitrogens is 2. The van der Waals surface area contributed by atoms with E-state index in [0.717, 1.165) is 42.6 Å². The fraction of sp³-hybridized carbons (Fsp3) is 0.500. The molecule has 4 rings (SSSR count). The van der Waals surface area contributed by atoms with Crippen molar-refractivity contribution < 1.29 is 14.2 Å². The van der Waals surface area contributed by atoms with Crippen molar-refractivity contribution in [2.45, 2.75) is 26.4 Å². The van der Waals surface area contributed by atoms with Crippen molar-refractivity contribution in [1.82, 2.24) is 15.1 Å². The SMILES string of the molecule is Cc1n[nH]c(C)c1C1COCCN1Cc1ccc2c(c1)OCCO2. The van der Waals surface area contributed by atoms with Crippen LogP contribution < -0.4 is 9.47 Å². The monoisotopic (exact) mass is 329 g/mol. The summed E-state index contributed by atoms with van der Waals surface area (Å²) in [6.45, 7) is 8.59. The lowest BCUT2D eigenvalue weighted by Crippen LogP contribution is -2.39.